The molecule has 1 heterocycles. The van der Waals surface area contributed by atoms with E-state index in [1.165, 1.54) is 6.07 Å². The van der Waals surface area contributed by atoms with E-state index in [4.69, 9.17) is 0 Å². The molecule has 8 nitrogen and oxygen atoms in total. The number of nitro groups is 1. The molecule has 1 aromatic rings. The van der Waals surface area contributed by atoms with E-state index in [1.54, 1.807) is 19.2 Å². The number of carbonyl (C=O) groups is 1. The van der Waals surface area contributed by atoms with Gasteiger partial charge in [0, 0.05) is 62.3 Å². The minimum Gasteiger partial charge on any atom is -0.354 e. The van der Waals surface area contributed by atoms with Gasteiger partial charge in [-0.05, 0) is 31.2 Å². The van der Waals surface area contributed by atoms with Crippen LogP contribution in [0.2, 0.25) is 0 Å². The van der Waals surface area contributed by atoms with E-state index < -0.39 is 0 Å². The van der Waals surface area contributed by atoms with E-state index in [1.807, 2.05) is 22.7 Å². The molecule has 166 valence electrons. The van der Waals surface area contributed by atoms with Gasteiger partial charge in [0.1, 0.15) is 0 Å². The van der Waals surface area contributed by atoms with Gasteiger partial charge in [-0.1, -0.05) is 12.1 Å². The van der Waals surface area contributed by atoms with Crippen LogP contribution in [-0.4, -0.2) is 59.4 Å². The van der Waals surface area contributed by atoms with E-state index in [0.717, 1.165) is 55.8 Å². The van der Waals surface area contributed by atoms with Crippen LogP contribution < -0.4 is 10.6 Å². The third kappa shape index (κ3) is 7.00. The second kappa shape index (κ2) is 12.3. The van der Waals surface area contributed by atoms with Crippen molar-refractivity contribution in [1.29, 1.82) is 0 Å². The molecule has 30 heavy (non-hydrogen) atoms. The van der Waals surface area contributed by atoms with Crippen molar-refractivity contribution in [3.8, 4) is 0 Å². The van der Waals surface area contributed by atoms with Crippen LogP contribution >= 0.6 is 35.7 Å². The van der Waals surface area contributed by atoms with Gasteiger partial charge >= 0.3 is 0 Å². The summed E-state index contributed by atoms with van der Waals surface area (Å²) in [5.74, 6) is 3.26. The molecule has 0 aromatic heterocycles. The van der Waals surface area contributed by atoms with Crippen LogP contribution in [0.4, 0.5) is 5.69 Å². The first-order chi connectivity index (χ1) is 14.1. The van der Waals surface area contributed by atoms with Crippen molar-refractivity contribution in [3.05, 3.63) is 39.9 Å². The van der Waals surface area contributed by atoms with E-state index in [2.05, 4.69) is 15.6 Å². The van der Waals surface area contributed by atoms with Gasteiger partial charge in [-0.3, -0.25) is 19.9 Å². The van der Waals surface area contributed by atoms with E-state index in [9.17, 15) is 14.9 Å². The molecule has 10 heteroatoms. The molecule has 1 aliphatic carbocycles. The van der Waals surface area contributed by atoms with Gasteiger partial charge in [0.2, 0.25) is 5.91 Å². The zero-order chi connectivity index (χ0) is 20.6. The third-order valence-corrected chi connectivity index (χ3v) is 6.49. The minimum absolute atomic E-state index is 0. The fourth-order valence-electron chi connectivity index (χ4n) is 3.88. The molecular formula is C20H30IN5O3S. The molecule has 2 N–H and O–H groups in total. The number of nitrogens with zero attached hydrogens (tertiary/aromatic N) is 3. The lowest BCUT2D eigenvalue weighted by Crippen LogP contribution is -2.47. The van der Waals surface area contributed by atoms with Crippen molar-refractivity contribution in [2.45, 2.75) is 38.3 Å². The quantitative estimate of drug-likeness (QED) is 0.193. The smallest absolute Gasteiger partial charge is 0.269 e. The largest absolute Gasteiger partial charge is 0.354 e. The van der Waals surface area contributed by atoms with Gasteiger partial charge in [-0.2, -0.15) is 11.8 Å². The number of guanidine groups is 1. The molecule has 2 fully saturated rings. The van der Waals surface area contributed by atoms with Crippen LogP contribution in [0.3, 0.4) is 0 Å². The number of non-ortho nitro benzene ring substituents is 1. The first-order valence-corrected chi connectivity index (χ1v) is 11.3. The molecule has 1 amide bonds. The monoisotopic (exact) mass is 547 g/mol. The Morgan fingerprint density at radius 3 is 2.60 bits per heavy atom. The second-order valence-corrected chi connectivity index (χ2v) is 8.71. The number of rotatable bonds is 5. The highest BCUT2D eigenvalue weighted by molar-refractivity contribution is 14.0. The van der Waals surface area contributed by atoms with Crippen molar-refractivity contribution in [1.82, 2.24) is 15.5 Å². The van der Waals surface area contributed by atoms with Gasteiger partial charge in [-0.25, -0.2) is 0 Å². The molecular weight excluding hydrogens is 517 g/mol. The Hall–Kier alpha value is -1.56. The zero-order valence-corrected chi connectivity index (χ0v) is 20.4. The van der Waals surface area contributed by atoms with Crippen molar-refractivity contribution in [2.75, 3.05) is 31.6 Å². The highest BCUT2D eigenvalue weighted by atomic mass is 127. The zero-order valence-electron chi connectivity index (χ0n) is 17.2. The van der Waals surface area contributed by atoms with E-state index in [0.29, 0.717) is 18.4 Å². The predicted molar refractivity (Wildman–Crippen MR) is 131 cm³/mol. The molecule has 0 radical (unpaired) electrons. The van der Waals surface area contributed by atoms with Gasteiger partial charge < -0.3 is 15.5 Å². The maximum Gasteiger partial charge on any atom is 0.269 e. The lowest BCUT2D eigenvalue weighted by Gasteiger charge is -2.34. The van der Waals surface area contributed by atoms with Gasteiger partial charge in [0.15, 0.2) is 5.96 Å². The van der Waals surface area contributed by atoms with E-state index in [-0.39, 0.29) is 46.5 Å². The summed E-state index contributed by atoms with van der Waals surface area (Å²) in [6, 6.07) is 6.87. The molecule has 0 unspecified atom stereocenters. The summed E-state index contributed by atoms with van der Waals surface area (Å²) in [5.41, 5.74) is 0.915. The Kier molecular flexibility index (Phi) is 10.2. The van der Waals surface area contributed by atoms with Crippen LogP contribution in [0.25, 0.3) is 0 Å². The highest BCUT2D eigenvalue weighted by Gasteiger charge is 2.30. The Labute approximate surface area is 198 Å². The SMILES string of the molecule is CN=C(NCc1cccc([N+](=O)[O-])c1)NC1CCC(C(=O)N2CCSCC2)CC1.I. The lowest BCUT2D eigenvalue weighted by molar-refractivity contribution is -0.384. The molecule has 1 saturated heterocycles. The van der Waals surface area contributed by atoms with Crippen LogP contribution in [0, 0.1) is 16.0 Å². The van der Waals surface area contributed by atoms with Gasteiger partial charge in [-0.15, -0.1) is 24.0 Å². The standard InChI is InChI=1S/C20H29N5O3S.HI/c1-21-20(22-14-15-3-2-4-18(13-15)25(27)28)23-17-7-5-16(6-8-17)19(26)24-9-11-29-12-10-24;/h2-4,13,16-17H,5-12,14H2,1H3,(H2,21,22,23);1H. The topological polar surface area (TPSA) is 99.9 Å². The van der Waals surface area contributed by atoms with Crippen LogP contribution in [0.1, 0.15) is 31.2 Å². The number of nitro benzene ring substituents is 1. The molecule has 3 rings (SSSR count). The molecule has 0 atom stereocenters. The summed E-state index contributed by atoms with van der Waals surface area (Å²) in [6.07, 6.45) is 3.69. The Morgan fingerprint density at radius 2 is 1.97 bits per heavy atom. The number of thioether (sulfide) groups is 1. The summed E-state index contributed by atoms with van der Waals surface area (Å²) in [5, 5.41) is 17.6. The summed E-state index contributed by atoms with van der Waals surface area (Å²) in [7, 11) is 1.71. The molecule has 0 bridgehead atoms. The maximum atomic E-state index is 12.7. The number of nitrogens with one attached hydrogen (secondary N) is 2. The number of hydrogen-bond acceptors (Lipinski definition) is 5. The van der Waals surface area contributed by atoms with E-state index >= 15 is 0 Å². The average molecular weight is 547 g/mol. The van der Waals surface area contributed by atoms with Gasteiger partial charge in [0.05, 0.1) is 4.92 Å². The van der Waals surface area contributed by atoms with Crippen molar-refractivity contribution >= 4 is 53.3 Å². The summed E-state index contributed by atoms with van der Waals surface area (Å²) in [6.45, 7) is 2.23. The normalized spacial score (nSPS) is 22.0. The summed E-state index contributed by atoms with van der Waals surface area (Å²) >= 11 is 1.92. The van der Waals surface area contributed by atoms with Crippen molar-refractivity contribution < 1.29 is 9.72 Å². The molecule has 1 aromatic carbocycles. The summed E-state index contributed by atoms with van der Waals surface area (Å²) in [4.78, 5) is 29.5. The van der Waals surface area contributed by atoms with Crippen molar-refractivity contribution in [3.63, 3.8) is 0 Å². The predicted octanol–water partition coefficient (Wildman–Crippen LogP) is 3.01. The number of halogens is 1. The average Bonchev–Trinajstić information content (AvgIpc) is 2.77. The number of benzene rings is 1. The van der Waals surface area contributed by atoms with Crippen LogP contribution in [-0.2, 0) is 11.3 Å². The lowest BCUT2D eigenvalue weighted by atomic mass is 9.85. The first kappa shape index (κ1) is 24.7. The molecule has 2 aliphatic rings. The van der Waals surface area contributed by atoms with Crippen LogP contribution in [0.15, 0.2) is 29.3 Å². The maximum absolute atomic E-state index is 12.7. The van der Waals surface area contributed by atoms with Crippen molar-refractivity contribution in [2.24, 2.45) is 10.9 Å². The second-order valence-electron chi connectivity index (χ2n) is 7.48. The van der Waals surface area contributed by atoms with Crippen LogP contribution in [0.5, 0.6) is 0 Å². The Morgan fingerprint density at radius 1 is 1.27 bits per heavy atom. The molecule has 0 spiro atoms. The number of amides is 1. The highest BCUT2D eigenvalue weighted by Crippen LogP contribution is 2.27. The Balaban J connectivity index is 0.00000320. The fourth-order valence-corrected chi connectivity index (χ4v) is 4.78. The Bertz CT molecular complexity index is 750. The first-order valence-electron chi connectivity index (χ1n) is 10.1. The third-order valence-electron chi connectivity index (χ3n) is 5.54. The molecule has 1 aliphatic heterocycles. The number of hydrogen-bond donors (Lipinski definition) is 2. The fraction of sp³-hybridized carbons (Fsp3) is 0.600. The summed E-state index contributed by atoms with van der Waals surface area (Å²) < 4.78 is 0. The van der Waals surface area contributed by atoms with Gasteiger partial charge in [0.25, 0.3) is 5.69 Å². The molecule has 1 saturated carbocycles. The number of aliphatic imine (C=N–C) groups is 1. The number of carbonyl (C=O) groups excluding carboxylic acids is 1. The minimum atomic E-state index is -0.390.